The minimum Gasteiger partial charge on any atom is -0.381 e. The van der Waals surface area contributed by atoms with Crippen molar-refractivity contribution < 1.29 is 9.53 Å². The van der Waals surface area contributed by atoms with Crippen LogP contribution in [0.4, 0.5) is 4.79 Å². The van der Waals surface area contributed by atoms with E-state index in [0.717, 1.165) is 39.1 Å². The number of piperidine rings is 1. The number of hydrogen-bond donors (Lipinski definition) is 1. The molecule has 0 aromatic carbocycles. The average molecular weight is 252 g/mol. The van der Waals surface area contributed by atoms with E-state index in [1.54, 1.807) is 0 Å². The molecular formula is C14H24N2O2. The number of rotatable bonds is 1. The maximum absolute atomic E-state index is 12.1. The lowest BCUT2D eigenvalue weighted by molar-refractivity contribution is 0.118. The summed E-state index contributed by atoms with van der Waals surface area (Å²) in [5.41, 5.74) is 1.28. The van der Waals surface area contributed by atoms with E-state index in [0.29, 0.717) is 11.8 Å². The zero-order valence-corrected chi connectivity index (χ0v) is 11.4. The van der Waals surface area contributed by atoms with Crippen molar-refractivity contribution >= 4 is 6.03 Å². The largest absolute Gasteiger partial charge is 0.381 e. The van der Waals surface area contributed by atoms with Crippen molar-refractivity contribution in [3.63, 3.8) is 0 Å². The van der Waals surface area contributed by atoms with Crippen LogP contribution in [0.5, 0.6) is 0 Å². The van der Waals surface area contributed by atoms with E-state index in [4.69, 9.17) is 4.74 Å². The molecule has 2 rings (SSSR count). The fourth-order valence-electron chi connectivity index (χ4n) is 2.86. The number of ether oxygens (including phenoxy) is 1. The molecule has 0 bridgehead atoms. The van der Waals surface area contributed by atoms with Crippen LogP contribution in [0.15, 0.2) is 11.8 Å². The van der Waals surface area contributed by atoms with Gasteiger partial charge in [0.1, 0.15) is 0 Å². The van der Waals surface area contributed by atoms with Gasteiger partial charge >= 0.3 is 6.03 Å². The van der Waals surface area contributed by atoms with E-state index < -0.39 is 0 Å². The van der Waals surface area contributed by atoms with Gasteiger partial charge in [-0.15, -0.1) is 0 Å². The first-order valence-electron chi connectivity index (χ1n) is 6.96. The molecule has 18 heavy (non-hydrogen) atoms. The molecule has 1 N–H and O–H groups in total. The summed E-state index contributed by atoms with van der Waals surface area (Å²) < 4.78 is 5.29. The lowest BCUT2D eigenvalue weighted by Crippen LogP contribution is -2.46. The molecule has 2 amide bonds. The molecule has 2 unspecified atom stereocenters. The van der Waals surface area contributed by atoms with Gasteiger partial charge in [-0.3, -0.25) is 0 Å². The standard InChI is InChI=1S/C14H24N2O2/c1-11-7-12(2)10-16(9-11)14(17)15-8-13-3-5-18-6-4-13/h8,11-12H,3-7,9-10H2,1-2H3,(H,15,17). The van der Waals surface area contributed by atoms with Crippen molar-refractivity contribution in [2.45, 2.75) is 33.1 Å². The fourth-order valence-corrected chi connectivity index (χ4v) is 2.86. The highest BCUT2D eigenvalue weighted by Crippen LogP contribution is 2.21. The zero-order valence-electron chi connectivity index (χ0n) is 11.4. The molecule has 0 spiro atoms. The molecule has 0 saturated carbocycles. The summed E-state index contributed by atoms with van der Waals surface area (Å²) in [6.45, 7) is 7.74. The summed E-state index contributed by atoms with van der Waals surface area (Å²) >= 11 is 0. The highest BCUT2D eigenvalue weighted by atomic mass is 16.5. The Balaban J connectivity index is 1.83. The monoisotopic (exact) mass is 252 g/mol. The van der Waals surface area contributed by atoms with Crippen LogP contribution in [-0.2, 0) is 4.74 Å². The highest BCUT2D eigenvalue weighted by Gasteiger charge is 2.24. The third-order valence-corrected chi connectivity index (χ3v) is 3.69. The van der Waals surface area contributed by atoms with E-state index in [-0.39, 0.29) is 6.03 Å². The van der Waals surface area contributed by atoms with E-state index in [9.17, 15) is 4.79 Å². The number of likely N-dealkylation sites (tertiary alicyclic amines) is 1. The number of hydrogen-bond acceptors (Lipinski definition) is 2. The van der Waals surface area contributed by atoms with Gasteiger partial charge in [-0.1, -0.05) is 13.8 Å². The van der Waals surface area contributed by atoms with E-state index in [2.05, 4.69) is 19.2 Å². The third kappa shape index (κ3) is 3.73. The first-order chi connectivity index (χ1) is 8.65. The zero-order chi connectivity index (χ0) is 13.0. The van der Waals surface area contributed by atoms with Crippen molar-refractivity contribution in [1.82, 2.24) is 10.2 Å². The predicted molar refractivity (Wildman–Crippen MR) is 71.2 cm³/mol. The fraction of sp³-hybridized carbons (Fsp3) is 0.786. The smallest absolute Gasteiger partial charge is 0.321 e. The third-order valence-electron chi connectivity index (χ3n) is 3.69. The van der Waals surface area contributed by atoms with Gasteiger partial charge in [0.15, 0.2) is 0 Å². The summed E-state index contributed by atoms with van der Waals surface area (Å²) in [5.74, 6) is 1.21. The van der Waals surface area contributed by atoms with Gasteiger partial charge in [-0.25, -0.2) is 4.79 Å². The summed E-state index contributed by atoms with van der Waals surface area (Å²) in [5, 5.41) is 2.93. The van der Waals surface area contributed by atoms with Gasteiger partial charge in [0, 0.05) is 19.3 Å². The molecule has 2 atom stereocenters. The average Bonchev–Trinajstić information content (AvgIpc) is 2.36. The van der Waals surface area contributed by atoms with Crippen molar-refractivity contribution in [3.8, 4) is 0 Å². The molecule has 0 aromatic heterocycles. The Hall–Kier alpha value is -1.03. The van der Waals surface area contributed by atoms with Crippen LogP contribution in [0.2, 0.25) is 0 Å². The van der Waals surface area contributed by atoms with Gasteiger partial charge in [-0.05, 0) is 36.7 Å². The molecule has 102 valence electrons. The van der Waals surface area contributed by atoms with Crippen LogP contribution in [0.1, 0.15) is 33.1 Å². The van der Waals surface area contributed by atoms with Crippen LogP contribution in [-0.4, -0.2) is 37.2 Å². The summed E-state index contributed by atoms with van der Waals surface area (Å²) in [6, 6.07) is 0.0485. The Labute approximate surface area is 109 Å². The van der Waals surface area contributed by atoms with Gasteiger partial charge in [-0.2, -0.15) is 0 Å². The van der Waals surface area contributed by atoms with E-state index >= 15 is 0 Å². The Bertz CT molecular complexity index is 310. The van der Waals surface area contributed by atoms with Gasteiger partial charge < -0.3 is 15.0 Å². The van der Waals surface area contributed by atoms with E-state index in [1.807, 2.05) is 11.1 Å². The van der Waals surface area contributed by atoms with Crippen molar-refractivity contribution in [3.05, 3.63) is 11.8 Å². The number of nitrogens with one attached hydrogen (secondary N) is 1. The van der Waals surface area contributed by atoms with Crippen molar-refractivity contribution in [2.75, 3.05) is 26.3 Å². The molecule has 2 fully saturated rings. The summed E-state index contributed by atoms with van der Waals surface area (Å²) in [6.07, 6.45) is 4.98. The van der Waals surface area contributed by atoms with E-state index in [1.165, 1.54) is 12.0 Å². The number of amides is 2. The van der Waals surface area contributed by atoms with Gasteiger partial charge in [0.25, 0.3) is 0 Å². The van der Waals surface area contributed by atoms with Crippen molar-refractivity contribution in [2.24, 2.45) is 11.8 Å². The highest BCUT2D eigenvalue weighted by molar-refractivity contribution is 5.75. The maximum atomic E-state index is 12.1. The Kier molecular flexibility index (Phi) is 4.64. The van der Waals surface area contributed by atoms with Crippen LogP contribution in [0.3, 0.4) is 0 Å². The van der Waals surface area contributed by atoms with Crippen LogP contribution in [0.25, 0.3) is 0 Å². The molecule has 4 heteroatoms. The van der Waals surface area contributed by atoms with Crippen LogP contribution < -0.4 is 5.32 Å². The first-order valence-corrected chi connectivity index (χ1v) is 6.96. The minimum atomic E-state index is 0.0485. The second-order valence-corrected chi connectivity index (χ2v) is 5.72. The normalized spacial score (nSPS) is 29.0. The summed E-state index contributed by atoms with van der Waals surface area (Å²) in [4.78, 5) is 14.0. The molecule has 2 aliphatic heterocycles. The van der Waals surface area contributed by atoms with Crippen molar-refractivity contribution in [1.29, 1.82) is 0 Å². The molecule has 0 aromatic rings. The molecule has 2 saturated heterocycles. The minimum absolute atomic E-state index is 0.0485. The number of urea groups is 1. The molecular weight excluding hydrogens is 228 g/mol. The lowest BCUT2D eigenvalue weighted by atomic mass is 9.92. The quantitative estimate of drug-likeness (QED) is 0.778. The van der Waals surface area contributed by atoms with Crippen LogP contribution >= 0.6 is 0 Å². The van der Waals surface area contributed by atoms with Gasteiger partial charge in [0.05, 0.1) is 13.2 Å². The molecule has 2 heterocycles. The molecule has 2 aliphatic rings. The number of carbonyl (C=O) groups is 1. The Morgan fingerprint density at radius 1 is 1.28 bits per heavy atom. The Morgan fingerprint density at radius 3 is 2.50 bits per heavy atom. The number of carbonyl (C=O) groups excluding carboxylic acids is 1. The Morgan fingerprint density at radius 2 is 1.89 bits per heavy atom. The van der Waals surface area contributed by atoms with Crippen LogP contribution in [0, 0.1) is 11.8 Å². The first kappa shape index (κ1) is 13.4. The maximum Gasteiger partial charge on any atom is 0.321 e. The topological polar surface area (TPSA) is 41.6 Å². The van der Waals surface area contributed by atoms with Gasteiger partial charge in [0.2, 0.25) is 0 Å². The molecule has 4 nitrogen and oxygen atoms in total. The summed E-state index contributed by atoms with van der Waals surface area (Å²) in [7, 11) is 0. The second-order valence-electron chi connectivity index (χ2n) is 5.72. The second kappa shape index (κ2) is 6.23. The predicted octanol–water partition coefficient (Wildman–Crippen LogP) is 2.37. The lowest BCUT2D eigenvalue weighted by Gasteiger charge is -2.34. The number of nitrogens with zero attached hydrogens (tertiary/aromatic N) is 1. The molecule has 0 aliphatic carbocycles. The molecule has 0 radical (unpaired) electrons. The SMILES string of the molecule is CC1CC(C)CN(C(=O)NC=C2CCOCC2)C1.